The van der Waals surface area contributed by atoms with E-state index in [0.717, 1.165) is 10.0 Å². The molecule has 1 aliphatic rings. The van der Waals surface area contributed by atoms with Gasteiger partial charge in [-0.1, -0.05) is 53.2 Å². The molecule has 1 amide bonds. The molecule has 0 unspecified atom stereocenters. The number of amides is 1. The van der Waals surface area contributed by atoms with Crippen LogP contribution >= 0.6 is 15.9 Å². The van der Waals surface area contributed by atoms with Crippen LogP contribution in [0.4, 0.5) is 0 Å². The summed E-state index contributed by atoms with van der Waals surface area (Å²) in [6.07, 6.45) is 0. The van der Waals surface area contributed by atoms with E-state index in [1.54, 1.807) is 32.0 Å². The van der Waals surface area contributed by atoms with Crippen LogP contribution in [0.5, 0.6) is 5.75 Å². The molecule has 0 aliphatic carbocycles. The van der Waals surface area contributed by atoms with Crippen LogP contribution in [-0.2, 0) is 25.7 Å². The van der Waals surface area contributed by atoms with Gasteiger partial charge >= 0.3 is 11.9 Å². The van der Waals surface area contributed by atoms with Crippen molar-refractivity contribution in [2.24, 2.45) is 11.8 Å². The molecule has 2 aromatic rings. The van der Waals surface area contributed by atoms with Gasteiger partial charge < -0.3 is 14.8 Å². The molecule has 2 aromatic carbocycles. The second-order valence-electron chi connectivity index (χ2n) is 6.85. The van der Waals surface area contributed by atoms with Crippen LogP contribution in [0, 0.1) is 11.8 Å². The lowest BCUT2D eigenvalue weighted by Crippen LogP contribution is -2.46. The molecule has 3 rings (SSSR count). The van der Waals surface area contributed by atoms with Gasteiger partial charge in [-0.15, -0.1) is 0 Å². The number of fused-ring (bicyclic) bond motifs is 1. The van der Waals surface area contributed by atoms with Gasteiger partial charge in [0, 0.05) is 22.5 Å². The third kappa shape index (κ3) is 4.67. The zero-order valence-electron chi connectivity index (χ0n) is 16.2. The van der Waals surface area contributed by atoms with E-state index < -0.39 is 35.6 Å². The van der Waals surface area contributed by atoms with Crippen molar-refractivity contribution in [3.63, 3.8) is 0 Å². The number of halogens is 1. The summed E-state index contributed by atoms with van der Waals surface area (Å²) in [7, 11) is 0. The Morgan fingerprint density at radius 1 is 1.21 bits per heavy atom. The first-order chi connectivity index (χ1) is 13.9. The second-order valence-corrected chi connectivity index (χ2v) is 7.77. The maximum Gasteiger partial charge on any atom is 0.324 e. The largest absolute Gasteiger partial charge is 0.466 e. The Kier molecular flexibility index (Phi) is 6.69. The molecule has 0 saturated carbocycles. The zero-order chi connectivity index (χ0) is 21.0. The molecule has 1 N–H and O–H groups in total. The van der Waals surface area contributed by atoms with Crippen LogP contribution in [-0.4, -0.2) is 24.5 Å². The number of ether oxygens (including phenoxy) is 2. The van der Waals surface area contributed by atoms with Crippen LogP contribution in [0.2, 0.25) is 0 Å². The standard InChI is InChI=1S/C22H22BrNO5/c1-3-28-21(26)13(2)18-16-11-15(23)9-10-17(16)29-22(27)19(18)20(25)24-12-14-7-5-4-6-8-14/h4-11,13,18-19H,3,12H2,1-2H3,(H,24,25)/t13-,18-,19-/m0/s1. The van der Waals surface area contributed by atoms with E-state index in [1.807, 2.05) is 30.3 Å². The maximum atomic E-state index is 13.0. The van der Waals surface area contributed by atoms with Crippen LogP contribution < -0.4 is 10.1 Å². The van der Waals surface area contributed by atoms with Crippen molar-refractivity contribution >= 4 is 33.8 Å². The fraction of sp³-hybridized carbons (Fsp3) is 0.318. The summed E-state index contributed by atoms with van der Waals surface area (Å²) in [5.41, 5.74) is 1.53. The summed E-state index contributed by atoms with van der Waals surface area (Å²) in [6, 6.07) is 14.6. The van der Waals surface area contributed by atoms with E-state index in [4.69, 9.17) is 9.47 Å². The summed E-state index contributed by atoms with van der Waals surface area (Å²) < 4.78 is 11.3. The van der Waals surface area contributed by atoms with E-state index in [1.165, 1.54) is 0 Å². The van der Waals surface area contributed by atoms with E-state index >= 15 is 0 Å². The van der Waals surface area contributed by atoms with Gasteiger partial charge in [0.2, 0.25) is 5.91 Å². The highest BCUT2D eigenvalue weighted by Crippen LogP contribution is 2.44. The van der Waals surface area contributed by atoms with Crippen LogP contribution in [0.15, 0.2) is 53.0 Å². The SMILES string of the molecule is CCOC(=O)[C@@H](C)[C@H]1c2cc(Br)ccc2OC(=O)[C@@H]1C(=O)NCc1ccccc1. The summed E-state index contributed by atoms with van der Waals surface area (Å²) >= 11 is 3.41. The Morgan fingerprint density at radius 3 is 2.62 bits per heavy atom. The van der Waals surface area contributed by atoms with Crippen LogP contribution in [0.1, 0.15) is 30.9 Å². The Hall–Kier alpha value is -2.67. The topological polar surface area (TPSA) is 81.7 Å². The molecule has 0 bridgehead atoms. The number of nitrogens with one attached hydrogen (secondary N) is 1. The number of hydrogen-bond acceptors (Lipinski definition) is 5. The van der Waals surface area contributed by atoms with Crippen molar-refractivity contribution in [2.45, 2.75) is 26.3 Å². The molecular weight excluding hydrogens is 438 g/mol. The smallest absolute Gasteiger partial charge is 0.324 e. The lowest BCUT2D eigenvalue weighted by atomic mass is 9.75. The molecule has 1 heterocycles. The van der Waals surface area contributed by atoms with Crippen LogP contribution in [0.25, 0.3) is 0 Å². The van der Waals surface area contributed by atoms with Crippen molar-refractivity contribution in [3.05, 3.63) is 64.1 Å². The van der Waals surface area contributed by atoms with E-state index in [9.17, 15) is 14.4 Å². The summed E-state index contributed by atoms with van der Waals surface area (Å²) in [5.74, 6) is -3.82. The highest BCUT2D eigenvalue weighted by molar-refractivity contribution is 9.10. The second kappa shape index (κ2) is 9.22. The predicted molar refractivity (Wildman–Crippen MR) is 110 cm³/mol. The molecule has 6 nitrogen and oxygen atoms in total. The first-order valence-corrected chi connectivity index (χ1v) is 10.2. The minimum absolute atomic E-state index is 0.219. The fourth-order valence-corrected chi connectivity index (χ4v) is 3.89. The van der Waals surface area contributed by atoms with E-state index in [-0.39, 0.29) is 13.2 Å². The minimum Gasteiger partial charge on any atom is -0.466 e. The minimum atomic E-state index is -1.15. The molecule has 1 aliphatic heterocycles. The highest BCUT2D eigenvalue weighted by atomic mass is 79.9. The summed E-state index contributed by atoms with van der Waals surface area (Å²) in [5, 5.41) is 2.80. The summed E-state index contributed by atoms with van der Waals surface area (Å²) in [6.45, 7) is 3.88. The highest BCUT2D eigenvalue weighted by Gasteiger charge is 2.47. The normalized spacial score (nSPS) is 18.9. The van der Waals surface area contributed by atoms with Gasteiger partial charge in [-0.3, -0.25) is 14.4 Å². The van der Waals surface area contributed by atoms with Gasteiger partial charge in [-0.05, 0) is 30.7 Å². The third-order valence-corrected chi connectivity index (χ3v) is 5.44. The molecular formula is C22H22BrNO5. The van der Waals surface area contributed by atoms with E-state index in [2.05, 4.69) is 21.2 Å². The maximum absolute atomic E-state index is 13.0. The lowest BCUT2D eigenvalue weighted by molar-refractivity contribution is -0.153. The Bertz CT molecular complexity index is 915. The van der Waals surface area contributed by atoms with Gasteiger partial charge in [-0.25, -0.2) is 0 Å². The van der Waals surface area contributed by atoms with Crippen molar-refractivity contribution in [1.29, 1.82) is 0 Å². The number of hydrogen-bond donors (Lipinski definition) is 1. The number of esters is 2. The number of carbonyl (C=O) groups excluding carboxylic acids is 3. The Labute approximate surface area is 177 Å². The molecule has 0 spiro atoms. The van der Waals surface area contributed by atoms with Crippen LogP contribution in [0.3, 0.4) is 0 Å². The fourth-order valence-electron chi connectivity index (χ4n) is 3.51. The molecule has 152 valence electrons. The first kappa shape index (κ1) is 21.0. The number of carbonyl (C=O) groups is 3. The molecule has 0 aromatic heterocycles. The molecule has 7 heteroatoms. The van der Waals surface area contributed by atoms with Gasteiger partial charge in [0.05, 0.1) is 12.5 Å². The molecule has 0 saturated heterocycles. The number of rotatable bonds is 6. The first-order valence-electron chi connectivity index (χ1n) is 9.41. The molecule has 29 heavy (non-hydrogen) atoms. The quantitative estimate of drug-likeness (QED) is 0.405. The monoisotopic (exact) mass is 459 g/mol. The lowest BCUT2D eigenvalue weighted by Gasteiger charge is -2.34. The van der Waals surface area contributed by atoms with Crippen molar-refractivity contribution in [2.75, 3.05) is 6.61 Å². The van der Waals surface area contributed by atoms with Crippen molar-refractivity contribution in [1.82, 2.24) is 5.32 Å². The zero-order valence-corrected chi connectivity index (χ0v) is 17.8. The van der Waals surface area contributed by atoms with Crippen molar-refractivity contribution in [3.8, 4) is 5.75 Å². The van der Waals surface area contributed by atoms with Crippen molar-refractivity contribution < 1.29 is 23.9 Å². The average Bonchev–Trinajstić information content (AvgIpc) is 2.71. The van der Waals surface area contributed by atoms with Gasteiger partial charge in [0.15, 0.2) is 0 Å². The number of benzene rings is 2. The Balaban J connectivity index is 1.92. The Morgan fingerprint density at radius 2 is 1.93 bits per heavy atom. The average molecular weight is 460 g/mol. The molecule has 0 radical (unpaired) electrons. The van der Waals surface area contributed by atoms with E-state index in [0.29, 0.717) is 11.3 Å². The summed E-state index contributed by atoms with van der Waals surface area (Å²) in [4.78, 5) is 38.2. The predicted octanol–water partition coefficient (Wildman–Crippen LogP) is 3.58. The van der Waals surface area contributed by atoms with Gasteiger partial charge in [0.1, 0.15) is 11.7 Å². The van der Waals surface area contributed by atoms with Gasteiger partial charge in [-0.2, -0.15) is 0 Å². The third-order valence-electron chi connectivity index (χ3n) is 4.94. The van der Waals surface area contributed by atoms with Gasteiger partial charge in [0.25, 0.3) is 0 Å². The molecule has 3 atom stereocenters. The molecule has 0 fully saturated rings.